The van der Waals surface area contributed by atoms with Gasteiger partial charge >= 0.3 is 0 Å². The van der Waals surface area contributed by atoms with Crippen LogP contribution in [0.5, 0.6) is 0 Å². The molecule has 2 N–H and O–H groups in total. The van der Waals surface area contributed by atoms with Gasteiger partial charge in [-0.1, -0.05) is 5.57 Å². The Labute approximate surface area is 71.7 Å². The quantitative estimate of drug-likeness (QED) is 0.625. The van der Waals surface area contributed by atoms with Gasteiger partial charge in [-0.2, -0.15) is 0 Å². The van der Waals surface area contributed by atoms with Crippen LogP contribution in [0.1, 0.15) is 19.8 Å². The maximum Gasteiger partial charge on any atom is 0.156 e. The van der Waals surface area contributed by atoms with Gasteiger partial charge in [0.05, 0.1) is 13.2 Å². The number of rotatable bonds is 2. The molecule has 3 heteroatoms. The molecule has 0 aromatic rings. The molecule has 0 aromatic carbocycles. The molecule has 0 spiro atoms. The van der Waals surface area contributed by atoms with Gasteiger partial charge in [0, 0.05) is 11.8 Å². The van der Waals surface area contributed by atoms with E-state index in [1.165, 1.54) is 0 Å². The predicted molar refractivity (Wildman–Crippen MR) is 44.6 cm³/mol. The van der Waals surface area contributed by atoms with E-state index < -0.39 is 5.41 Å². The first-order chi connectivity index (χ1) is 5.62. The van der Waals surface area contributed by atoms with Crippen molar-refractivity contribution < 1.29 is 15.0 Å². The number of aliphatic hydroxyl groups is 2. The van der Waals surface area contributed by atoms with Crippen molar-refractivity contribution in [2.75, 3.05) is 13.2 Å². The molecule has 1 rings (SSSR count). The fourth-order valence-electron chi connectivity index (χ4n) is 1.67. The second kappa shape index (κ2) is 3.37. The van der Waals surface area contributed by atoms with Gasteiger partial charge in [0.1, 0.15) is 0 Å². The summed E-state index contributed by atoms with van der Waals surface area (Å²) in [7, 11) is 0. The number of hydrogen-bond donors (Lipinski definition) is 2. The predicted octanol–water partition coefficient (Wildman–Crippen LogP) is 0.267. The fourth-order valence-corrected chi connectivity index (χ4v) is 1.67. The van der Waals surface area contributed by atoms with Gasteiger partial charge in [-0.05, 0) is 19.4 Å². The molecule has 1 aliphatic rings. The molecule has 68 valence electrons. The molecular weight excluding hydrogens is 156 g/mol. The Hall–Kier alpha value is -0.670. The Morgan fingerprint density at radius 3 is 2.42 bits per heavy atom. The average molecular weight is 170 g/mol. The third kappa shape index (κ3) is 1.73. The number of carbonyl (C=O) groups excluding carboxylic acids is 1. The van der Waals surface area contributed by atoms with E-state index in [0.717, 1.165) is 5.57 Å². The summed E-state index contributed by atoms with van der Waals surface area (Å²) in [5, 5.41) is 18.1. The van der Waals surface area contributed by atoms with Crippen LogP contribution in [-0.2, 0) is 4.79 Å². The molecule has 0 saturated heterocycles. The van der Waals surface area contributed by atoms with Crippen LogP contribution in [0.2, 0.25) is 0 Å². The van der Waals surface area contributed by atoms with Crippen molar-refractivity contribution in [2.24, 2.45) is 5.41 Å². The number of hydrogen-bond acceptors (Lipinski definition) is 3. The lowest BCUT2D eigenvalue weighted by molar-refractivity contribution is -0.119. The van der Waals surface area contributed by atoms with Crippen molar-refractivity contribution in [1.82, 2.24) is 0 Å². The third-order valence-corrected chi connectivity index (χ3v) is 2.28. The Balaban J connectivity index is 2.83. The van der Waals surface area contributed by atoms with Crippen molar-refractivity contribution in [2.45, 2.75) is 19.8 Å². The zero-order valence-corrected chi connectivity index (χ0v) is 7.21. The molecule has 1 aliphatic carbocycles. The van der Waals surface area contributed by atoms with Crippen molar-refractivity contribution in [3.63, 3.8) is 0 Å². The first kappa shape index (κ1) is 9.42. The molecular formula is C9H14O3. The molecule has 0 fully saturated rings. The number of carbonyl (C=O) groups is 1. The zero-order chi connectivity index (χ0) is 9.19. The van der Waals surface area contributed by atoms with Crippen LogP contribution < -0.4 is 0 Å². The van der Waals surface area contributed by atoms with Crippen LogP contribution in [0.4, 0.5) is 0 Å². The summed E-state index contributed by atoms with van der Waals surface area (Å²) in [5.74, 6) is 0.00171. The second-order valence-corrected chi connectivity index (χ2v) is 3.63. The standard InChI is InChI=1S/C9H14O3/c1-7-2-8(12)4-9(3-7,5-10)6-11/h2,10-11H,3-6H2,1H3. The summed E-state index contributed by atoms with van der Waals surface area (Å²) in [6.45, 7) is 1.60. The van der Waals surface area contributed by atoms with Gasteiger partial charge in [-0.15, -0.1) is 0 Å². The SMILES string of the molecule is CC1=CC(=O)CC(CO)(CO)C1. The molecule has 0 saturated carbocycles. The molecule has 0 atom stereocenters. The van der Waals surface area contributed by atoms with E-state index in [9.17, 15) is 4.79 Å². The minimum atomic E-state index is -0.601. The lowest BCUT2D eigenvalue weighted by atomic mass is 9.75. The van der Waals surface area contributed by atoms with E-state index in [0.29, 0.717) is 6.42 Å². The number of aliphatic hydroxyl groups excluding tert-OH is 2. The lowest BCUT2D eigenvalue weighted by Crippen LogP contribution is -2.35. The molecule has 0 unspecified atom stereocenters. The van der Waals surface area contributed by atoms with E-state index in [1.807, 2.05) is 6.92 Å². The summed E-state index contributed by atoms with van der Waals surface area (Å²) in [6.07, 6.45) is 2.46. The van der Waals surface area contributed by atoms with Gasteiger partial charge in [-0.25, -0.2) is 0 Å². The van der Waals surface area contributed by atoms with Crippen molar-refractivity contribution in [3.05, 3.63) is 11.6 Å². The van der Waals surface area contributed by atoms with Gasteiger partial charge in [-0.3, -0.25) is 4.79 Å². The first-order valence-corrected chi connectivity index (χ1v) is 4.04. The Morgan fingerprint density at radius 2 is 2.00 bits per heavy atom. The Morgan fingerprint density at radius 1 is 1.42 bits per heavy atom. The monoisotopic (exact) mass is 170 g/mol. The van der Waals surface area contributed by atoms with Crippen molar-refractivity contribution >= 4 is 5.78 Å². The highest BCUT2D eigenvalue weighted by atomic mass is 16.3. The molecule has 0 bridgehead atoms. The van der Waals surface area contributed by atoms with Crippen LogP contribution in [0, 0.1) is 5.41 Å². The smallest absolute Gasteiger partial charge is 0.156 e. The van der Waals surface area contributed by atoms with Crippen LogP contribution in [0.25, 0.3) is 0 Å². The first-order valence-electron chi connectivity index (χ1n) is 4.04. The molecule has 0 heterocycles. The van der Waals surface area contributed by atoms with E-state index in [1.54, 1.807) is 6.08 Å². The highest BCUT2D eigenvalue weighted by molar-refractivity contribution is 5.91. The number of ketones is 1. The summed E-state index contributed by atoms with van der Waals surface area (Å²) in [4.78, 5) is 11.1. The molecule has 0 aliphatic heterocycles. The van der Waals surface area contributed by atoms with E-state index in [2.05, 4.69) is 0 Å². The highest BCUT2D eigenvalue weighted by Gasteiger charge is 2.34. The zero-order valence-electron chi connectivity index (χ0n) is 7.21. The van der Waals surface area contributed by atoms with E-state index >= 15 is 0 Å². The summed E-state index contributed by atoms with van der Waals surface area (Å²) < 4.78 is 0. The van der Waals surface area contributed by atoms with Crippen molar-refractivity contribution in [3.8, 4) is 0 Å². The number of allylic oxidation sites excluding steroid dienone is 2. The minimum absolute atomic E-state index is 0.00171. The van der Waals surface area contributed by atoms with Gasteiger partial charge < -0.3 is 10.2 Å². The Bertz CT molecular complexity index is 214. The Kier molecular flexibility index (Phi) is 2.65. The molecule has 0 amide bonds. The molecule has 0 radical (unpaired) electrons. The molecule has 12 heavy (non-hydrogen) atoms. The van der Waals surface area contributed by atoms with Crippen LogP contribution in [-0.4, -0.2) is 29.2 Å². The molecule has 3 nitrogen and oxygen atoms in total. The topological polar surface area (TPSA) is 57.5 Å². The lowest BCUT2D eigenvalue weighted by Gasteiger charge is -2.31. The highest BCUT2D eigenvalue weighted by Crippen LogP contribution is 2.33. The maximum atomic E-state index is 11.1. The third-order valence-electron chi connectivity index (χ3n) is 2.28. The van der Waals surface area contributed by atoms with Crippen molar-refractivity contribution in [1.29, 1.82) is 0 Å². The van der Waals surface area contributed by atoms with Crippen LogP contribution >= 0.6 is 0 Å². The normalized spacial score (nSPS) is 22.2. The largest absolute Gasteiger partial charge is 0.396 e. The minimum Gasteiger partial charge on any atom is -0.396 e. The average Bonchev–Trinajstić information content (AvgIpc) is 2.02. The van der Waals surface area contributed by atoms with Gasteiger partial charge in [0.25, 0.3) is 0 Å². The fraction of sp³-hybridized carbons (Fsp3) is 0.667. The van der Waals surface area contributed by atoms with Crippen LogP contribution in [0.3, 0.4) is 0 Å². The van der Waals surface area contributed by atoms with Gasteiger partial charge in [0.2, 0.25) is 0 Å². The molecule has 0 aromatic heterocycles. The van der Waals surface area contributed by atoms with E-state index in [-0.39, 0.29) is 25.4 Å². The maximum absolute atomic E-state index is 11.1. The second-order valence-electron chi connectivity index (χ2n) is 3.63. The van der Waals surface area contributed by atoms with Gasteiger partial charge in [0.15, 0.2) is 5.78 Å². The summed E-state index contributed by atoms with van der Waals surface area (Å²) in [6, 6.07) is 0. The summed E-state index contributed by atoms with van der Waals surface area (Å²) >= 11 is 0. The van der Waals surface area contributed by atoms with E-state index in [4.69, 9.17) is 10.2 Å². The summed E-state index contributed by atoms with van der Waals surface area (Å²) in [5.41, 5.74) is 0.338. The van der Waals surface area contributed by atoms with Crippen LogP contribution in [0.15, 0.2) is 11.6 Å².